The fourth-order valence-electron chi connectivity index (χ4n) is 3.41. The number of aromatic nitrogens is 2. The number of hydrogen-bond acceptors (Lipinski definition) is 9. The molecule has 0 N–H and O–H groups in total. The zero-order valence-corrected chi connectivity index (χ0v) is 26.5. The van der Waals surface area contributed by atoms with Gasteiger partial charge in [-0.25, -0.2) is 23.7 Å². The molecule has 0 aliphatic heterocycles. The number of anilines is 1. The van der Waals surface area contributed by atoms with Gasteiger partial charge in [-0.05, 0) is 102 Å². The van der Waals surface area contributed by atoms with Crippen molar-refractivity contribution in [3.05, 3.63) is 33.3 Å². The molecule has 226 valence electrons. The van der Waals surface area contributed by atoms with Crippen LogP contribution in [0.25, 0.3) is 10.9 Å². The highest BCUT2D eigenvalue weighted by molar-refractivity contribution is 9.10. The maximum absolute atomic E-state index is 14.5. The largest absolute Gasteiger partial charge is 0.594 e. The van der Waals surface area contributed by atoms with E-state index in [0.717, 1.165) is 12.1 Å². The predicted molar refractivity (Wildman–Crippen MR) is 151 cm³/mol. The Morgan fingerprint density at radius 3 is 1.80 bits per heavy atom. The summed E-state index contributed by atoms with van der Waals surface area (Å²) < 4.78 is 30.5. The molecule has 0 atom stereocenters. The van der Waals surface area contributed by atoms with Crippen LogP contribution in [0.3, 0.4) is 0 Å². The molecule has 0 unspecified atom stereocenters. The minimum Gasteiger partial charge on any atom is -0.594 e. The number of amides is 4. The Bertz CT molecular complexity index is 1330. The third-order valence-corrected chi connectivity index (χ3v) is 5.57. The molecule has 41 heavy (non-hydrogen) atoms. The molecule has 4 amide bonds. The third kappa shape index (κ3) is 8.47. The number of benzene rings is 1. The van der Waals surface area contributed by atoms with Gasteiger partial charge >= 0.3 is 29.9 Å². The summed E-state index contributed by atoms with van der Waals surface area (Å²) in [6, 6.07) is 2.12. The van der Waals surface area contributed by atoms with E-state index < -0.39 is 58.2 Å². The highest BCUT2D eigenvalue weighted by Gasteiger charge is 2.44. The van der Waals surface area contributed by atoms with Gasteiger partial charge in [-0.2, -0.15) is 4.90 Å². The molecule has 0 spiro atoms. The van der Waals surface area contributed by atoms with E-state index in [4.69, 9.17) is 14.2 Å². The molecule has 0 bridgehead atoms. The first-order valence-corrected chi connectivity index (χ1v) is 13.6. The minimum atomic E-state index is -1.30. The van der Waals surface area contributed by atoms with Crippen molar-refractivity contribution in [2.75, 3.05) is 11.4 Å². The highest BCUT2D eigenvalue weighted by Crippen LogP contribution is 2.35. The van der Waals surface area contributed by atoms with Crippen LogP contribution in [0, 0.1) is 11.0 Å². The molecular formula is C27H36BrFN4O8. The molecule has 0 fully saturated rings. The van der Waals surface area contributed by atoms with Gasteiger partial charge in [-0.3, -0.25) is 4.79 Å². The van der Waals surface area contributed by atoms with Gasteiger partial charge in [0.2, 0.25) is 0 Å². The van der Waals surface area contributed by atoms with Crippen molar-refractivity contribution in [1.29, 1.82) is 0 Å². The maximum atomic E-state index is 14.5. The average Bonchev–Trinajstić information content (AvgIpc) is 2.76. The highest BCUT2D eigenvalue weighted by atomic mass is 79.9. The van der Waals surface area contributed by atoms with Crippen molar-refractivity contribution in [1.82, 2.24) is 10.00 Å². The summed E-state index contributed by atoms with van der Waals surface area (Å²) in [5.41, 5.74) is -5.09. The van der Waals surface area contributed by atoms with Crippen LogP contribution in [-0.2, 0) is 14.2 Å². The lowest BCUT2D eigenvalue weighted by Crippen LogP contribution is -2.51. The third-order valence-electron chi connectivity index (χ3n) is 4.82. The monoisotopic (exact) mass is 642 g/mol. The number of rotatable bonds is 4. The molecule has 2 rings (SSSR count). The first-order chi connectivity index (χ1) is 18.6. The van der Waals surface area contributed by atoms with Crippen LogP contribution in [0.5, 0.6) is 0 Å². The van der Waals surface area contributed by atoms with Gasteiger partial charge in [0.1, 0.15) is 28.3 Å². The minimum absolute atomic E-state index is 0.161. The Labute approximate surface area is 246 Å². The number of imide groups is 2. The number of nitrogens with zero attached hydrogens (tertiary/aromatic N) is 4. The second kappa shape index (κ2) is 12.1. The predicted octanol–water partition coefficient (Wildman–Crippen LogP) is 6.23. The Hall–Kier alpha value is -3.55. The van der Waals surface area contributed by atoms with Crippen molar-refractivity contribution in [2.45, 2.75) is 92.5 Å². The number of halogens is 2. The summed E-state index contributed by atoms with van der Waals surface area (Å²) in [7, 11) is 0. The number of ether oxygens (including phenoxy) is 3. The Kier molecular flexibility index (Phi) is 9.96. The Morgan fingerprint density at radius 1 is 0.902 bits per heavy atom. The van der Waals surface area contributed by atoms with E-state index in [1.807, 2.05) is 0 Å². The maximum Gasteiger partial charge on any atom is 0.424 e. The van der Waals surface area contributed by atoms with Crippen molar-refractivity contribution in [3.8, 4) is 0 Å². The Balaban J connectivity index is 3.03. The van der Waals surface area contributed by atoms with Crippen molar-refractivity contribution in [3.63, 3.8) is 0 Å². The van der Waals surface area contributed by atoms with Crippen LogP contribution in [0.1, 0.15) is 86.1 Å². The summed E-state index contributed by atoms with van der Waals surface area (Å²) in [5, 5.41) is 17.1. The lowest BCUT2D eigenvalue weighted by Gasteiger charge is -2.30. The number of fused-ring (bicyclic) bond motifs is 1. The standard InChI is InChI=1S/C27H36BrFN4O8/c1-11-14-31(22(35)39-25(2,3)4)21(34)20-19(15-12-13-16(29)17(28)18(15)30-33(20)38)32(23(36)40-26(5,6)7)24(37)41-27(8,9)10/h12-13H,11,14H2,1-10H3. The van der Waals surface area contributed by atoms with E-state index in [9.17, 15) is 28.8 Å². The summed E-state index contributed by atoms with van der Waals surface area (Å²) >= 11 is 3.03. The quantitative estimate of drug-likeness (QED) is 0.215. The molecule has 14 heteroatoms. The van der Waals surface area contributed by atoms with E-state index in [0.29, 0.717) is 9.80 Å². The molecule has 1 aromatic carbocycles. The van der Waals surface area contributed by atoms with Crippen LogP contribution < -0.4 is 9.75 Å². The second-order valence-electron chi connectivity index (χ2n) is 12.1. The average molecular weight is 644 g/mol. The van der Waals surface area contributed by atoms with E-state index >= 15 is 0 Å². The zero-order chi connectivity index (χ0) is 31.7. The van der Waals surface area contributed by atoms with E-state index in [1.54, 1.807) is 69.2 Å². The lowest BCUT2D eigenvalue weighted by atomic mass is 10.1. The molecular weight excluding hydrogens is 607 g/mol. The number of carbonyl (C=O) groups excluding carboxylic acids is 4. The van der Waals surface area contributed by atoms with Crippen molar-refractivity contribution in [2.24, 2.45) is 0 Å². The topological polar surface area (TPSA) is 142 Å². The molecule has 2 aromatic rings. The van der Waals surface area contributed by atoms with Gasteiger partial charge in [0, 0.05) is 17.0 Å². The summed E-state index contributed by atoms with van der Waals surface area (Å²) in [6.07, 6.45) is -3.39. The smallest absolute Gasteiger partial charge is 0.424 e. The van der Waals surface area contributed by atoms with Crippen LogP contribution in [-0.4, -0.2) is 57.5 Å². The summed E-state index contributed by atoms with van der Waals surface area (Å²) in [6.45, 7) is 15.5. The zero-order valence-electron chi connectivity index (χ0n) is 24.9. The van der Waals surface area contributed by atoms with Crippen LogP contribution in [0.15, 0.2) is 16.6 Å². The van der Waals surface area contributed by atoms with Crippen molar-refractivity contribution >= 4 is 56.7 Å². The van der Waals surface area contributed by atoms with Gasteiger partial charge in [0.15, 0.2) is 5.52 Å². The van der Waals surface area contributed by atoms with Crippen molar-refractivity contribution < 1.29 is 42.6 Å². The molecule has 0 radical (unpaired) electrons. The molecule has 1 aromatic heterocycles. The van der Waals surface area contributed by atoms with Gasteiger partial charge in [0.05, 0.1) is 4.47 Å². The molecule has 0 aliphatic carbocycles. The number of hydrogen-bond donors (Lipinski definition) is 0. The lowest BCUT2D eigenvalue weighted by molar-refractivity contribution is -0.668. The normalized spacial score (nSPS) is 12.1. The molecule has 1 heterocycles. The van der Waals surface area contributed by atoms with Gasteiger partial charge in [-0.15, -0.1) is 0 Å². The number of carbonyl (C=O) groups is 4. The van der Waals surface area contributed by atoms with E-state index in [2.05, 4.69) is 21.0 Å². The van der Waals surface area contributed by atoms with Gasteiger partial charge in [0.25, 0.3) is 0 Å². The Morgan fingerprint density at radius 2 is 1.37 bits per heavy atom. The van der Waals surface area contributed by atoms with Gasteiger partial charge < -0.3 is 19.4 Å². The summed E-state index contributed by atoms with van der Waals surface area (Å²) in [5.74, 6) is -2.03. The van der Waals surface area contributed by atoms with E-state index in [-0.39, 0.29) is 33.2 Å². The first kappa shape index (κ1) is 33.7. The van der Waals surface area contributed by atoms with E-state index in [1.165, 1.54) is 0 Å². The van der Waals surface area contributed by atoms with Crippen LogP contribution in [0.4, 0.5) is 24.5 Å². The fraction of sp³-hybridized carbons (Fsp3) is 0.556. The first-order valence-electron chi connectivity index (χ1n) is 12.8. The second-order valence-corrected chi connectivity index (χ2v) is 12.9. The van der Waals surface area contributed by atoms with Crippen LogP contribution in [0.2, 0.25) is 0 Å². The molecule has 0 aliphatic rings. The fourth-order valence-corrected chi connectivity index (χ4v) is 3.84. The van der Waals surface area contributed by atoms with Crippen LogP contribution >= 0.6 is 15.9 Å². The molecule has 0 saturated carbocycles. The summed E-state index contributed by atoms with van der Waals surface area (Å²) in [4.78, 5) is 55.0. The SMILES string of the molecule is CCCN(C(=O)OC(C)(C)C)C(=O)c1c(N(C(=O)OC(C)(C)C)C(=O)OC(C)(C)C)c2ccc(F)c(Br)c2n[n+]1[O-]. The molecule has 0 saturated heterocycles. The molecule has 12 nitrogen and oxygen atoms in total. The van der Waals surface area contributed by atoms with Gasteiger partial charge in [-0.1, -0.05) is 6.92 Å².